The zero-order chi connectivity index (χ0) is 14.7. The predicted molar refractivity (Wildman–Crippen MR) is 73.4 cm³/mol. The van der Waals surface area contributed by atoms with Gasteiger partial charge in [0.15, 0.2) is 0 Å². The zero-order valence-corrected chi connectivity index (χ0v) is 12.3. The lowest BCUT2D eigenvalue weighted by Crippen LogP contribution is -2.31. The molecule has 1 rings (SSSR count). The van der Waals surface area contributed by atoms with Crippen molar-refractivity contribution in [3.8, 4) is 0 Å². The minimum absolute atomic E-state index is 0.147. The van der Waals surface area contributed by atoms with Crippen LogP contribution in [0.15, 0.2) is 23.1 Å². The molecule has 0 saturated carbocycles. The minimum Gasteiger partial charge on any atom is -0.271 e. The molecule has 9 heteroatoms. The first-order valence-electron chi connectivity index (χ1n) is 5.56. The van der Waals surface area contributed by atoms with Crippen LogP contribution in [0.3, 0.4) is 0 Å². The van der Waals surface area contributed by atoms with Gasteiger partial charge in [-0.05, 0) is 31.0 Å². The van der Waals surface area contributed by atoms with E-state index >= 15 is 0 Å². The number of sulfonamides is 1. The zero-order valence-electron chi connectivity index (χ0n) is 10.7. The van der Waals surface area contributed by atoms with Gasteiger partial charge in [-0.3, -0.25) is 4.72 Å². The van der Waals surface area contributed by atoms with Gasteiger partial charge < -0.3 is 0 Å². The average molecular weight is 307 g/mol. The summed E-state index contributed by atoms with van der Waals surface area (Å²) in [6.07, 6.45) is 0.650. The number of anilines is 1. The van der Waals surface area contributed by atoms with Crippen LogP contribution in [-0.4, -0.2) is 23.4 Å². The van der Waals surface area contributed by atoms with E-state index in [0.29, 0.717) is 18.5 Å². The molecule has 19 heavy (non-hydrogen) atoms. The van der Waals surface area contributed by atoms with Gasteiger partial charge >= 0.3 is 0 Å². The second-order valence-electron chi connectivity index (χ2n) is 4.02. The van der Waals surface area contributed by atoms with Crippen molar-refractivity contribution < 1.29 is 16.8 Å². The first-order valence-corrected chi connectivity index (χ1v) is 8.59. The van der Waals surface area contributed by atoms with Crippen molar-refractivity contribution in [3.05, 3.63) is 23.8 Å². The molecule has 108 valence electrons. The van der Waals surface area contributed by atoms with Gasteiger partial charge in [-0.15, -0.1) is 0 Å². The molecule has 0 atom stereocenters. The number of rotatable bonds is 6. The Bertz CT molecular complexity index is 653. The number of hydrogen-bond donors (Lipinski definition) is 3. The van der Waals surface area contributed by atoms with Crippen LogP contribution in [0.25, 0.3) is 0 Å². The van der Waals surface area contributed by atoms with E-state index in [4.69, 9.17) is 5.14 Å². The highest BCUT2D eigenvalue weighted by Crippen LogP contribution is 2.20. The molecule has 0 saturated heterocycles. The lowest BCUT2D eigenvalue weighted by atomic mass is 10.2. The van der Waals surface area contributed by atoms with Crippen molar-refractivity contribution in [2.75, 3.05) is 11.3 Å². The Hall–Kier alpha value is -1.16. The van der Waals surface area contributed by atoms with E-state index in [9.17, 15) is 16.8 Å². The SMILES string of the molecule is CCCNS(=O)(=O)Nc1cc(S(N)(=O)=O)ccc1C. The molecule has 0 unspecified atom stereocenters. The van der Waals surface area contributed by atoms with Crippen LogP contribution in [0.1, 0.15) is 18.9 Å². The molecule has 0 amide bonds. The molecule has 4 N–H and O–H groups in total. The summed E-state index contributed by atoms with van der Waals surface area (Å²) in [5, 5.41) is 5.00. The average Bonchev–Trinajstić information content (AvgIpc) is 2.28. The van der Waals surface area contributed by atoms with E-state index in [1.807, 2.05) is 6.92 Å². The lowest BCUT2D eigenvalue weighted by Gasteiger charge is -2.12. The molecule has 0 spiro atoms. The monoisotopic (exact) mass is 307 g/mol. The summed E-state index contributed by atoms with van der Waals surface area (Å²) in [4.78, 5) is -0.147. The smallest absolute Gasteiger partial charge is 0.271 e. The van der Waals surface area contributed by atoms with E-state index in [0.717, 1.165) is 0 Å². The van der Waals surface area contributed by atoms with E-state index in [-0.39, 0.29) is 10.6 Å². The van der Waals surface area contributed by atoms with Crippen LogP contribution in [0, 0.1) is 6.92 Å². The molecule has 0 aliphatic rings. The summed E-state index contributed by atoms with van der Waals surface area (Å²) in [6, 6.07) is 4.00. The summed E-state index contributed by atoms with van der Waals surface area (Å²) in [6.45, 7) is 3.78. The molecule has 0 aromatic heterocycles. The highest BCUT2D eigenvalue weighted by Gasteiger charge is 2.14. The fourth-order valence-corrected chi connectivity index (χ4v) is 2.90. The molecular formula is C10H17N3O4S2. The first kappa shape index (κ1) is 15.9. The number of aryl methyl sites for hydroxylation is 1. The third-order valence-corrected chi connectivity index (χ3v) is 4.31. The van der Waals surface area contributed by atoms with Crippen LogP contribution in [0.4, 0.5) is 5.69 Å². The quantitative estimate of drug-likeness (QED) is 0.700. The van der Waals surface area contributed by atoms with Gasteiger partial charge in [0.05, 0.1) is 10.6 Å². The molecule has 0 radical (unpaired) electrons. The van der Waals surface area contributed by atoms with Gasteiger partial charge in [0.25, 0.3) is 10.2 Å². The van der Waals surface area contributed by atoms with Gasteiger partial charge in [-0.2, -0.15) is 13.1 Å². The summed E-state index contributed by atoms with van der Waals surface area (Å²) in [5.74, 6) is 0. The highest BCUT2D eigenvalue weighted by atomic mass is 32.2. The maximum atomic E-state index is 11.7. The van der Waals surface area contributed by atoms with E-state index in [1.54, 1.807) is 6.92 Å². The Morgan fingerprint density at radius 2 is 1.84 bits per heavy atom. The third kappa shape index (κ3) is 4.78. The fourth-order valence-electron chi connectivity index (χ4n) is 1.31. The van der Waals surface area contributed by atoms with Gasteiger partial charge in [0, 0.05) is 6.54 Å². The normalized spacial score (nSPS) is 12.4. The van der Waals surface area contributed by atoms with Crippen LogP contribution in [0.2, 0.25) is 0 Å². The van der Waals surface area contributed by atoms with Crippen molar-refractivity contribution in [2.45, 2.75) is 25.2 Å². The maximum absolute atomic E-state index is 11.7. The van der Waals surface area contributed by atoms with E-state index in [1.165, 1.54) is 18.2 Å². The topological polar surface area (TPSA) is 118 Å². The summed E-state index contributed by atoms with van der Waals surface area (Å²) in [7, 11) is -7.59. The Morgan fingerprint density at radius 1 is 1.21 bits per heavy atom. The number of nitrogens with two attached hydrogens (primary N) is 1. The second-order valence-corrected chi connectivity index (χ2v) is 7.08. The summed E-state index contributed by atoms with van der Waals surface area (Å²) < 4.78 is 50.4. The molecule has 1 aromatic rings. The van der Waals surface area contributed by atoms with Crippen LogP contribution in [0.5, 0.6) is 0 Å². The molecule has 0 aliphatic carbocycles. The minimum atomic E-state index is -3.87. The second kappa shape index (κ2) is 5.87. The fraction of sp³-hybridized carbons (Fsp3) is 0.400. The van der Waals surface area contributed by atoms with E-state index < -0.39 is 20.2 Å². The Labute approximate surface area is 113 Å². The predicted octanol–water partition coefficient (Wildman–Crippen LogP) is 0.299. The molecule has 0 fully saturated rings. The number of benzene rings is 1. The summed E-state index contributed by atoms with van der Waals surface area (Å²) >= 11 is 0. The van der Waals surface area contributed by atoms with Crippen molar-refractivity contribution in [1.29, 1.82) is 0 Å². The van der Waals surface area contributed by atoms with Crippen molar-refractivity contribution >= 4 is 25.9 Å². The highest BCUT2D eigenvalue weighted by molar-refractivity contribution is 7.90. The molecular weight excluding hydrogens is 290 g/mol. The summed E-state index contributed by atoms with van der Waals surface area (Å²) in [5.41, 5.74) is 0.768. The molecule has 7 nitrogen and oxygen atoms in total. The Morgan fingerprint density at radius 3 is 2.37 bits per heavy atom. The Kier molecular flexibility index (Phi) is 4.91. The first-order chi connectivity index (χ1) is 8.65. The van der Waals surface area contributed by atoms with Crippen LogP contribution >= 0.6 is 0 Å². The third-order valence-electron chi connectivity index (χ3n) is 2.32. The van der Waals surface area contributed by atoms with Crippen molar-refractivity contribution in [2.24, 2.45) is 5.14 Å². The number of primary sulfonamides is 1. The van der Waals surface area contributed by atoms with Crippen LogP contribution < -0.4 is 14.6 Å². The Balaban J connectivity index is 3.08. The van der Waals surface area contributed by atoms with Gasteiger partial charge in [0.1, 0.15) is 0 Å². The van der Waals surface area contributed by atoms with Gasteiger partial charge in [0.2, 0.25) is 10.0 Å². The van der Waals surface area contributed by atoms with Crippen molar-refractivity contribution in [3.63, 3.8) is 0 Å². The van der Waals surface area contributed by atoms with Gasteiger partial charge in [-0.1, -0.05) is 13.0 Å². The van der Waals surface area contributed by atoms with Crippen LogP contribution in [-0.2, 0) is 20.2 Å². The van der Waals surface area contributed by atoms with Gasteiger partial charge in [-0.25, -0.2) is 13.6 Å². The molecule has 0 heterocycles. The molecule has 0 aliphatic heterocycles. The molecule has 0 bridgehead atoms. The largest absolute Gasteiger partial charge is 0.299 e. The lowest BCUT2D eigenvalue weighted by molar-refractivity contribution is 0.585. The number of hydrogen-bond acceptors (Lipinski definition) is 4. The maximum Gasteiger partial charge on any atom is 0.299 e. The van der Waals surface area contributed by atoms with E-state index in [2.05, 4.69) is 9.44 Å². The number of nitrogens with one attached hydrogen (secondary N) is 2. The standard InChI is InChI=1S/C10H17N3O4S2/c1-3-6-12-19(16,17)13-10-7-9(18(11,14)15)5-4-8(10)2/h4-5,7,12-13H,3,6H2,1-2H3,(H2,11,14,15). The van der Waals surface area contributed by atoms with Crippen molar-refractivity contribution in [1.82, 2.24) is 4.72 Å². The molecule has 1 aromatic carbocycles.